The summed E-state index contributed by atoms with van der Waals surface area (Å²) in [4.78, 5) is 10.5. The number of allylic oxidation sites excluding steroid dienone is 1. The van der Waals surface area contributed by atoms with E-state index in [1.807, 2.05) is 0 Å². The van der Waals surface area contributed by atoms with Crippen molar-refractivity contribution in [3.05, 3.63) is 42.2 Å². The lowest BCUT2D eigenvalue weighted by Gasteiger charge is -2.37. The van der Waals surface area contributed by atoms with Crippen LogP contribution in [-0.2, 0) is 4.79 Å². The van der Waals surface area contributed by atoms with Gasteiger partial charge in [0.2, 0.25) is 0 Å². The SMILES string of the molecule is O=C(O)/C=C(/Oc1ccccc1)C(F)(F)C(F)(F)C(F)(F)C(F)(F)C(F)(F)F. The molecule has 1 N–H and O–H groups in total. The smallest absolute Gasteiger partial charge is 0.460 e. The molecule has 0 aliphatic heterocycles. The first kappa shape index (κ1) is 23.5. The van der Waals surface area contributed by atoms with Crippen molar-refractivity contribution in [2.24, 2.45) is 0 Å². The molecule has 0 aromatic heterocycles. The minimum absolute atomic E-state index is 0.756. The van der Waals surface area contributed by atoms with Gasteiger partial charge < -0.3 is 9.84 Å². The third-order valence-corrected chi connectivity index (χ3v) is 3.07. The summed E-state index contributed by atoms with van der Waals surface area (Å²) in [5, 5.41) is 8.43. The highest BCUT2D eigenvalue weighted by atomic mass is 19.4. The van der Waals surface area contributed by atoms with Gasteiger partial charge in [-0.3, -0.25) is 0 Å². The number of carbonyl (C=O) groups is 1. The monoisotopic (exact) mass is 432 g/mol. The summed E-state index contributed by atoms with van der Waals surface area (Å²) >= 11 is 0. The van der Waals surface area contributed by atoms with Gasteiger partial charge in [0.15, 0.2) is 5.76 Å². The Kier molecular flexibility index (Phi) is 5.98. The molecule has 0 radical (unpaired) electrons. The van der Waals surface area contributed by atoms with E-state index in [2.05, 4.69) is 4.74 Å². The lowest BCUT2D eigenvalue weighted by molar-refractivity contribution is -0.419. The highest BCUT2D eigenvalue weighted by molar-refractivity contribution is 5.80. The average Bonchev–Trinajstić information content (AvgIpc) is 2.53. The summed E-state index contributed by atoms with van der Waals surface area (Å²) in [7, 11) is 0. The molecule has 1 rings (SSSR count). The normalized spacial score (nSPS) is 14.8. The fourth-order valence-corrected chi connectivity index (χ4v) is 1.64. The zero-order valence-corrected chi connectivity index (χ0v) is 12.9. The Hall–Kier alpha value is -2.54. The molecular weight excluding hydrogens is 425 g/mol. The molecule has 0 bridgehead atoms. The van der Waals surface area contributed by atoms with Gasteiger partial charge in [-0.05, 0) is 12.1 Å². The van der Waals surface area contributed by atoms with Crippen LogP contribution in [0.4, 0.5) is 48.3 Å². The Morgan fingerprint density at radius 3 is 1.64 bits per heavy atom. The molecule has 0 saturated carbocycles. The second kappa shape index (κ2) is 7.13. The van der Waals surface area contributed by atoms with Crippen molar-refractivity contribution < 1.29 is 62.9 Å². The van der Waals surface area contributed by atoms with E-state index in [9.17, 15) is 53.1 Å². The van der Waals surface area contributed by atoms with Gasteiger partial charge in [-0.25, -0.2) is 4.79 Å². The molecule has 3 nitrogen and oxygen atoms in total. The van der Waals surface area contributed by atoms with Crippen LogP contribution in [0.25, 0.3) is 0 Å². The fraction of sp³-hybridized carbons (Fsp3) is 0.357. The number of benzene rings is 1. The summed E-state index contributed by atoms with van der Waals surface area (Å²) in [6.45, 7) is 0. The number of ether oxygens (including phenoxy) is 1. The van der Waals surface area contributed by atoms with E-state index >= 15 is 0 Å². The number of para-hydroxylation sites is 1. The third-order valence-electron chi connectivity index (χ3n) is 3.07. The zero-order valence-electron chi connectivity index (χ0n) is 12.9. The molecule has 0 heterocycles. The van der Waals surface area contributed by atoms with E-state index in [4.69, 9.17) is 5.11 Å². The van der Waals surface area contributed by atoms with Crippen LogP contribution in [0.5, 0.6) is 5.75 Å². The standard InChI is InChI=1S/C14H7F11O3/c15-10(16,8(6-9(26)27)28-7-4-2-1-3-5-7)11(17,18)12(19,20)13(21,22)14(23,24)25/h1-6H,(H,26,27)/b8-6+. The van der Waals surface area contributed by atoms with Crippen molar-refractivity contribution in [1.29, 1.82) is 0 Å². The fourth-order valence-electron chi connectivity index (χ4n) is 1.64. The van der Waals surface area contributed by atoms with E-state index in [1.54, 1.807) is 0 Å². The van der Waals surface area contributed by atoms with Gasteiger partial charge in [-0.1, -0.05) is 18.2 Å². The quantitative estimate of drug-likeness (QED) is 0.369. The van der Waals surface area contributed by atoms with E-state index in [0.29, 0.717) is 0 Å². The molecule has 1 aromatic rings. The molecule has 0 spiro atoms. The van der Waals surface area contributed by atoms with Gasteiger partial charge >= 0.3 is 35.8 Å². The molecule has 14 heteroatoms. The van der Waals surface area contributed by atoms with Crippen molar-refractivity contribution in [3.8, 4) is 5.75 Å². The summed E-state index contributed by atoms with van der Waals surface area (Å²) in [6, 6.07) is 4.82. The van der Waals surface area contributed by atoms with Crippen LogP contribution < -0.4 is 4.74 Å². The van der Waals surface area contributed by atoms with E-state index in [-0.39, 0.29) is 0 Å². The first-order valence-corrected chi connectivity index (χ1v) is 6.65. The number of alkyl halides is 11. The maximum absolute atomic E-state index is 13.9. The summed E-state index contributed by atoms with van der Waals surface area (Å²) in [5.41, 5.74) is 0. The van der Waals surface area contributed by atoms with Crippen molar-refractivity contribution in [2.45, 2.75) is 29.9 Å². The van der Waals surface area contributed by atoms with E-state index in [0.717, 1.165) is 24.3 Å². The van der Waals surface area contributed by atoms with Crippen LogP contribution in [0.1, 0.15) is 0 Å². The number of hydrogen-bond donors (Lipinski definition) is 1. The highest BCUT2D eigenvalue weighted by Gasteiger charge is 2.88. The summed E-state index contributed by atoms with van der Waals surface area (Å²) < 4.78 is 148. The van der Waals surface area contributed by atoms with Crippen LogP contribution in [0.2, 0.25) is 0 Å². The Labute approximate surface area is 148 Å². The van der Waals surface area contributed by atoms with Crippen molar-refractivity contribution >= 4 is 5.97 Å². The largest absolute Gasteiger partial charge is 0.478 e. The summed E-state index contributed by atoms with van der Waals surface area (Å²) in [6.07, 6.45) is -8.20. The van der Waals surface area contributed by atoms with Gasteiger partial charge in [-0.15, -0.1) is 0 Å². The average molecular weight is 432 g/mol. The van der Waals surface area contributed by atoms with Gasteiger partial charge in [0.25, 0.3) is 0 Å². The van der Waals surface area contributed by atoms with Gasteiger partial charge in [-0.2, -0.15) is 48.3 Å². The molecule has 1 aromatic carbocycles. The van der Waals surface area contributed by atoms with E-state index in [1.165, 1.54) is 6.07 Å². The molecule has 0 atom stereocenters. The van der Waals surface area contributed by atoms with Crippen molar-refractivity contribution in [1.82, 2.24) is 0 Å². The first-order valence-electron chi connectivity index (χ1n) is 6.65. The number of carboxylic acids is 1. The maximum atomic E-state index is 13.9. The Morgan fingerprint density at radius 1 is 0.786 bits per heavy atom. The molecule has 0 aliphatic carbocycles. The van der Waals surface area contributed by atoms with Gasteiger partial charge in [0.1, 0.15) is 5.75 Å². The second-order valence-electron chi connectivity index (χ2n) is 5.06. The molecule has 0 aliphatic rings. The Bertz CT molecular complexity index is 739. The number of halogens is 11. The lowest BCUT2D eigenvalue weighted by Crippen LogP contribution is -2.67. The minimum Gasteiger partial charge on any atom is -0.478 e. The summed E-state index contributed by atoms with van der Waals surface area (Å²) in [5.74, 6) is -35.4. The lowest BCUT2D eigenvalue weighted by atomic mass is 9.96. The second-order valence-corrected chi connectivity index (χ2v) is 5.06. The highest BCUT2D eigenvalue weighted by Crippen LogP contribution is 2.58. The van der Waals surface area contributed by atoms with Crippen LogP contribution in [0.3, 0.4) is 0 Å². The number of hydrogen-bond acceptors (Lipinski definition) is 2. The molecule has 0 amide bonds. The van der Waals surface area contributed by atoms with Crippen LogP contribution >= 0.6 is 0 Å². The molecular formula is C14H7F11O3. The minimum atomic E-state index is -7.68. The number of rotatable bonds is 7. The Morgan fingerprint density at radius 2 is 1.25 bits per heavy atom. The van der Waals surface area contributed by atoms with E-state index < -0.39 is 53.4 Å². The van der Waals surface area contributed by atoms with Crippen LogP contribution in [0.15, 0.2) is 42.2 Å². The Balaban J connectivity index is 3.54. The predicted molar refractivity (Wildman–Crippen MR) is 68.6 cm³/mol. The molecule has 158 valence electrons. The number of carboxylic acid groups (broad SMARTS) is 1. The molecule has 0 unspecified atom stereocenters. The van der Waals surface area contributed by atoms with Gasteiger partial charge in [0, 0.05) is 0 Å². The van der Waals surface area contributed by atoms with Crippen molar-refractivity contribution in [2.75, 3.05) is 0 Å². The van der Waals surface area contributed by atoms with Crippen molar-refractivity contribution in [3.63, 3.8) is 0 Å². The molecule has 28 heavy (non-hydrogen) atoms. The molecule has 0 fully saturated rings. The van der Waals surface area contributed by atoms with Crippen LogP contribution in [0, 0.1) is 0 Å². The maximum Gasteiger partial charge on any atom is 0.460 e. The van der Waals surface area contributed by atoms with Crippen LogP contribution in [-0.4, -0.2) is 40.9 Å². The number of aliphatic carboxylic acids is 1. The topological polar surface area (TPSA) is 46.5 Å². The first-order chi connectivity index (χ1) is 12.4. The third kappa shape index (κ3) is 3.85. The molecule has 0 saturated heterocycles. The van der Waals surface area contributed by atoms with Gasteiger partial charge in [0.05, 0.1) is 6.08 Å². The predicted octanol–water partition coefficient (Wildman–Crippen LogP) is 5.14. The zero-order chi connectivity index (χ0) is 22.2.